The molecule has 0 heterocycles. The number of aliphatic hydroxyl groups is 3. The van der Waals surface area contributed by atoms with Crippen LogP contribution in [0.15, 0.2) is 42.5 Å². The first-order valence-electron chi connectivity index (χ1n) is 11.6. The molecule has 0 aromatic heterocycles. The molecule has 0 amide bonds. The lowest BCUT2D eigenvalue weighted by atomic mass is 9.65. The molecule has 32 heavy (non-hydrogen) atoms. The summed E-state index contributed by atoms with van der Waals surface area (Å²) in [6.07, 6.45) is 6.46. The molecule has 0 bridgehead atoms. The zero-order valence-electron chi connectivity index (χ0n) is 18.8. The van der Waals surface area contributed by atoms with Crippen LogP contribution >= 0.6 is 0 Å². The van der Waals surface area contributed by atoms with Crippen LogP contribution in [0.2, 0.25) is 0 Å². The molecule has 6 heteroatoms. The van der Waals surface area contributed by atoms with Crippen LogP contribution in [0.25, 0.3) is 0 Å². The quantitative estimate of drug-likeness (QED) is 0.411. The molecule has 2 aromatic carbocycles. The van der Waals surface area contributed by atoms with Gasteiger partial charge in [0.05, 0.1) is 33.0 Å². The molecule has 3 N–H and O–H groups in total. The Hall–Kier alpha value is -2.12. The fourth-order valence-corrected chi connectivity index (χ4v) is 4.65. The summed E-state index contributed by atoms with van der Waals surface area (Å²) in [5.74, 6) is 1.54. The standard InChI is InChI=1S/C26H36O6/c27-13-17-30-16-10-21-20-23(6-9-25(21)32-19-15-29)26(11-2-1-3-12-26)22-4-7-24(8-5-22)31-18-14-28/h4-9,20,27-29H,1-3,10-19H2. The third kappa shape index (κ3) is 6.23. The van der Waals surface area contributed by atoms with Gasteiger partial charge in [-0.3, -0.25) is 0 Å². The van der Waals surface area contributed by atoms with Gasteiger partial charge in [0, 0.05) is 5.41 Å². The van der Waals surface area contributed by atoms with Gasteiger partial charge >= 0.3 is 0 Å². The lowest BCUT2D eigenvalue weighted by Gasteiger charge is -2.39. The van der Waals surface area contributed by atoms with Crippen molar-refractivity contribution in [1.29, 1.82) is 0 Å². The SMILES string of the molecule is OCCOCCc1cc(C2(c3ccc(OCCO)cc3)CCCCC2)ccc1OCCO. The van der Waals surface area contributed by atoms with Gasteiger partial charge in [-0.2, -0.15) is 0 Å². The van der Waals surface area contributed by atoms with Gasteiger partial charge in [0.15, 0.2) is 0 Å². The Balaban J connectivity index is 1.91. The highest BCUT2D eigenvalue weighted by Crippen LogP contribution is 2.46. The second-order valence-corrected chi connectivity index (χ2v) is 8.22. The molecule has 0 saturated heterocycles. The van der Waals surface area contributed by atoms with Crippen LogP contribution in [0.3, 0.4) is 0 Å². The summed E-state index contributed by atoms with van der Waals surface area (Å²) >= 11 is 0. The predicted octanol–water partition coefficient (Wildman–Crippen LogP) is 3.23. The lowest BCUT2D eigenvalue weighted by Crippen LogP contribution is -2.30. The minimum atomic E-state index is -0.0655. The fraction of sp³-hybridized carbons (Fsp3) is 0.538. The van der Waals surface area contributed by atoms with Crippen molar-refractivity contribution in [2.24, 2.45) is 0 Å². The molecule has 176 valence electrons. The van der Waals surface area contributed by atoms with Crippen LogP contribution < -0.4 is 9.47 Å². The number of aliphatic hydroxyl groups excluding tert-OH is 3. The molecule has 1 aliphatic carbocycles. The summed E-state index contributed by atoms with van der Waals surface area (Å²) in [6, 6.07) is 14.7. The highest BCUT2D eigenvalue weighted by molar-refractivity contribution is 5.47. The summed E-state index contributed by atoms with van der Waals surface area (Å²) in [7, 11) is 0. The Labute approximate surface area is 190 Å². The number of benzene rings is 2. The summed E-state index contributed by atoms with van der Waals surface area (Å²) in [5.41, 5.74) is 3.54. The Morgan fingerprint density at radius 1 is 0.688 bits per heavy atom. The predicted molar refractivity (Wildman–Crippen MR) is 124 cm³/mol. The van der Waals surface area contributed by atoms with E-state index in [0.29, 0.717) is 26.2 Å². The molecule has 6 nitrogen and oxygen atoms in total. The van der Waals surface area contributed by atoms with Gasteiger partial charge in [-0.15, -0.1) is 0 Å². The Morgan fingerprint density at radius 2 is 1.34 bits per heavy atom. The van der Waals surface area contributed by atoms with Crippen LogP contribution in [0, 0.1) is 0 Å². The van der Waals surface area contributed by atoms with Crippen molar-refractivity contribution in [3.8, 4) is 11.5 Å². The van der Waals surface area contributed by atoms with E-state index >= 15 is 0 Å². The smallest absolute Gasteiger partial charge is 0.122 e. The van der Waals surface area contributed by atoms with Crippen LogP contribution in [0.4, 0.5) is 0 Å². The topological polar surface area (TPSA) is 88.4 Å². The van der Waals surface area contributed by atoms with Crippen LogP contribution in [0.5, 0.6) is 11.5 Å². The molecule has 1 aliphatic rings. The molecule has 3 rings (SSSR count). The van der Waals surface area contributed by atoms with E-state index in [4.69, 9.17) is 24.4 Å². The summed E-state index contributed by atoms with van der Waals surface area (Å²) in [6.45, 7) is 1.35. The molecule has 0 atom stereocenters. The van der Waals surface area contributed by atoms with Gasteiger partial charge in [0.2, 0.25) is 0 Å². The van der Waals surface area contributed by atoms with Crippen molar-refractivity contribution in [2.75, 3.05) is 46.2 Å². The third-order valence-corrected chi connectivity index (χ3v) is 6.19. The molecule has 0 radical (unpaired) electrons. The molecular weight excluding hydrogens is 408 g/mol. The minimum Gasteiger partial charge on any atom is -0.491 e. The Kier molecular flexibility index (Phi) is 9.81. The monoisotopic (exact) mass is 444 g/mol. The molecule has 0 unspecified atom stereocenters. The average Bonchev–Trinajstić information content (AvgIpc) is 2.85. The fourth-order valence-electron chi connectivity index (χ4n) is 4.65. The van der Waals surface area contributed by atoms with Gasteiger partial charge in [0.25, 0.3) is 0 Å². The zero-order valence-corrected chi connectivity index (χ0v) is 18.8. The van der Waals surface area contributed by atoms with Gasteiger partial charge < -0.3 is 29.5 Å². The number of rotatable bonds is 13. The maximum Gasteiger partial charge on any atom is 0.122 e. The van der Waals surface area contributed by atoms with E-state index in [9.17, 15) is 5.11 Å². The first-order valence-corrected chi connectivity index (χ1v) is 11.6. The van der Waals surface area contributed by atoms with Crippen LogP contribution in [0.1, 0.15) is 48.8 Å². The second kappa shape index (κ2) is 12.8. The van der Waals surface area contributed by atoms with Gasteiger partial charge in [0.1, 0.15) is 24.7 Å². The first-order chi connectivity index (χ1) is 15.7. The van der Waals surface area contributed by atoms with Crippen molar-refractivity contribution in [3.63, 3.8) is 0 Å². The van der Waals surface area contributed by atoms with Crippen molar-refractivity contribution in [1.82, 2.24) is 0 Å². The molecular formula is C26H36O6. The van der Waals surface area contributed by atoms with E-state index in [0.717, 1.165) is 29.9 Å². The Morgan fingerprint density at radius 3 is 2.03 bits per heavy atom. The molecule has 2 aromatic rings. The maximum atomic E-state index is 9.19. The van der Waals surface area contributed by atoms with E-state index in [1.165, 1.54) is 30.4 Å². The maximum absolute atomic E-state index is 9.19. The second-order valence-electron chi connectivity index (χ2n) is 8.22. The average molecular weight is 445 g/mol. The van der Waals surface area contributed by atoms with E-state index in [1.54, 1.807) is 0 Å². The van der Waals surface area contributed by atoms with Gasteiger partial charge in [-0.1, -0.05) is 43.5 Å². The summed E-state index contributed by atoms with van der Waals surface area (Å²) in [4.78, 5) is 0. The normalized spacial score (nSPS) is 15.5. The third-order valence-electron chi connectivity index (χ3n) is 6.19. The summed E-state index contributed by atoms with van der Waals surface area (Å²) < 4.78 is 16.8. The van der Waals surface area contributed by atoms with Gasteiger partial charge in [-0.05, 0) is 54.2 Å². The van der Waals surface area contributed by atoms with E-state index < -0.39 is 0 Å². The minimum absolute atomic E-state index is 0.00118. The van der Waals surface area contributed by atoms with Crippen molar-refractivity contribution in [3.05, 3.63) is 59.2 Å². The highest BCUT2D eigenvalue weighted by atomic mass is 16.5. The van der Waals surface area contributed by atoms with Crippen molar-refractivity contribution >= 4 is 0 Å². The molecule has 0 spiro atoms. The molecule has 0 aliphatic heterocycles. The van der Waals surface area contributed by atoms with Crippen LogP contribution in [-0.4, -0.2) is 61.6 Å². The van der Waals surface area contributed by atoms with Crippen LogP contribution in [-0.2, 0) is 16.6 Å². The first kappa shape index (κ1) is 24.5. The van der Waals surface area contributed by atoms with E-state index in [-0.39, 0.29) is 31.8 Å². The van der Waals surface area contributed by atoms with Crippen molar-refractivity contribution in [2.45, 2.75) is 43.9 Å². The largest absolute Gasteiger partial charge is 0.491 e. The van der Waals surface area contributed by atoms with Crippen molar-refractivity contribution < 1.29 is 29.5 Å². The molecule has 1 fully saturated rings. The summed E-state index contributed by atoms with van der Waals surface area (Å²) in [5, 5.41) is 27.2. The van der Waals surface area contributed by atoms with E-state index in [2.05, 4.69) is 24.3 Å². The zero-order chi connectivity index (χ0) is 22.7. The van der Waals surface area contributed by atoms with Gasteiger partial charge in [-0.25, -0.2) is 0 Å². The number of ether oxygens (including phenoxy) is 3. The van der Waals surface area contributed by atoms with E-state index in [1.807, 2.05) is 18.2 Å². The Bertz CT molecular complexity index is 798. The number of hydrogen-bond acceptors (Lipinski definition) is 6. The molecule has 1 saturated carbocycles. The number of hydrogen-bond donors (Lipinski definition) is 3. The lowest BCUT2D eigenvalue weighted by molar-refractivity contribution is 0.0939. The highest BCUT2D eigenvalue weighted by Gasteiger charge is 2.36.